The molecular weight excluding hydrogens is 284 g/mol. The third kappa shape index (κ3) is 3.28. The van der Waals surface area contributed by atoms with Gasteiger partial charge in [0.2, 0.25) is 0 Å². The Morgan fingerprint density at radius 3 is 2.57 bits per heavy atom. The standard InChI is InChI=1S/C12H16N2O7/c15-5-8-9(16)10(17)11(18)12(21-8)13-6-2-1-3-7(4-6)14(19)20/h1-4,8-13,15-18H,5H2/t8-,9-,10+,11-,12+/m0/s1. The van der Waals surface area contributed by atoms with Crippen molar-refractivity contribution in [3.63, 3.8) is 0 Å². The first-order valence-corrected chi connectivity index (χ1v) is 6.25. The molecule has 5 atom stereocenters. The summed E-state index contributed by atoms with van der Waals surface area (Å²) in [6, 6.07) is 5.51. The van der Waals surface area contributed by atoms with Crippen molar-refractivity contribution in [3.8, 4) is 0 Å². The second-order valence-electron chi connectivity index (χ2n) is 4.70. The average molecular weight is 300 g/mol. The number of rotatable bonds is 4. The van der Waals surface area contributed by atoms with Gasteiger partial charge in [0.05, 0.1) is 11.5 Å². The van der Waals surface area contributed by atoms with Crippen LogP contribution < -0.4 is 5.32 Å². The number of nitro benzene ring substituents is 1. The molecule has 9 nitrogen and oxygen atoms in total. The van der Waals surface area contributed by atoms with Gasteiger partial charge in [0, 0.05) is 17.8 Å². The summed E-state index contributed by atoms with van der Waals surface area (Å²) in [7, 11) is 0. The first-order valence-electron chi connectivity index (χ1n) is 6.25. The molecule has 1 saturated heterocycles. The minimum absolute atomic E-state index is 0.149. The minimum atomic E-state index is -1.51. The van der Waals surface area contributed by atoms with E-state index >= 15 is 0 Å². The van der Waals surface area contributed by atoms with Gasteiger partial charge < -0.3 is 30.5 Å². The monoisotopic (exact) mass is 300 g/mol. The van der Waals surface area contributed by atoms with Gasteiger partial charge in [-0.1, -0.05) is 6.07 Å². The highest BCUT2D eigenvalue weighted by Gasteiger charge is 2.43. The molecule has 5 N–H and O–H groups in total. The van der Waals surface area contributed by atoms with E-state index in [4.69, 9.17) is 9.84 Å². The molecular formula is C12H16N2O7. The number of aliphatic hydroxyl groups excluding tert-OH is 4. The number of hydrogen-bond donors (Lipinski definition) is 5. The lowest BCUT2D eigenvalue weighted by molar-refractivity contribution is -0.384. The van der Waals surface area contributed by atoms with Crippen LogP contribution in [0.2, 0.25) is 0 Å². The number of anilines is 1. The van der Waals surface area contributed by atoms with Crippen molar-refractivity contribution in [2.24, 2.45) is 0 Å². The largest absolute Gasteiger partial charge is 0.394 e. The number of ether oxygens (including phenoxy) is 1. The van der Waals surface area contributed by atoms with Gasteiger partial charge in [-0.3, -0.25) is 10.1 Å². The van der Waals surface area contributed by atoms with E-state index in [1.165, 1.54) is 24.3 Å². The molecule has 0 aromatic heterocycles. The Morgan fingerprint density at radius 2 is 1.95 bits per heavy atom. The second-order valence-corrected chi connectivity index (χ2v) is 4.70. The van der Waals surface area contributed by atoms with E-state index in [-0.39, 0.29) is 5.69 Å². The molecule has 9 heteroatoms. The topological polar surface area (TPSA) is 145 Å². The minimum Gasteiger partial charge on any atom is -0.394 e. The lowest BCUT2D eigenvalue weighted by Gasteiger charge is -2.40. The van der Waals surface area contributed by atoms with Crippen molar-refractivity contribution in [2.75, 3.05) is 11.9 Å². The van der Waals surface area contributed by atoms with E-state index in [0.29, 0.717) is 5.69 Å². The lowest BCUT2D eigenvalue weighted by atomic mass is 9.98. The zero-order valence-electron chi connectivity index (χ0n) is 10.9. The summed E-state index contributed by atoms with van der Waals surface area (Å²) in [6.45, 7) is -0.544. The maximum atomic E-state index is 10.7. The Kier molecular flexibility index (Phi) is 4.70. The molecule has 0 saturated carbocycles. The van der Waals surface area contributed by atoms with E-state index in [0.717, 1.165) is 0 Å². The van der Waals surface area contributed by atoms with E-state index in [1.54, 1.807) is 0 Å². The van der Waals surface area contributed by atoms with Crippen molar-refractivity contribution >= 4 is 11.4 Å². The molecule has 0 bridgehead atoms. The van der Waals surface area contributed by atoms with Gasteiger partial charge >= 0.3 is 0 Å². The van der Waals surface area contributed by atoms with Gasteiger partial charge in [-0.2, -0.15) is 0 Å². The molecule has 1 fully saturated rings. The Morgan fingerprint density at radius 1 is 1.24 bits per heavy atom. The van der Waals surface area contributed by atoms with E-state index in [1.807, 2.05) is 0 Å². The Hall–Kier alpha value is -1.78. The number of non-ortho nitro benzene ring substituents is 1. The van der Waals surface area contributed by atoms with Gasteiger partial charge in [-0.05, 0) is 6.07 Å². The number of benzene rings is 1. The highest BCUT2D eigenvalue weighted by Crippen LogP contribution is 2.24. The molecule has 1 aromatic rings. The molecule has 0 spiro atoms. The number of nitrogens with one attached hydrogen (secondary N) is 1. The van der Waals surface area contributed by atoms with Crippen molar-refractivity contribution in [2.45, 2.75) is 30.6 Å². The summed E-state index contributed by atoms with van der Waals surface area (Å²) in [5, 5.41) is 51.6. The predicted molar refractivity (Wildman–Crippen MR) is 70.5 cm³/mol. The van der Waals surface area contributed by atoms with Crippen LogP contribution in [-0.2, 0) is 4.74 Å². The molecule has 116 valence electrons. The van der Waals surface area contributed by atoms with Crippen LogP contribution in [0.15, 0.2) is 24.3 Å². The smallest absolute Gasteiger partial charge is 0.271 e. The molecule has 0 aliphatic carbocycles. The summed E-state index contributed by atoms with van der Waals surface area (Å²) in [5.74, 6) is 0. The van der Waals surface area contributed by atoms with Crippen LogP contribution in [-0.4, -0.2) is 62.6 Å². The lowest BCUT2D eigenvalue weighted by Crippen LogP contribution is -2.60. The Balaban J connectivity index is 2.14. The highest BCUT2D eigenvalue weighted by molar-refractivity contribution is 5.51. The van der Waals surface area contributed by atoms with E-state index < -0.39 is 42.2 Å². The molecule has 1 aromatic carbocycles. The quantitative estimate of drug-likeness (QED) is 0.344. The normalized spacial score (nSPS) is 32.7. The zero-order valence-corrected chi connectivity index (χ0v) is 10.9. The molecule has 0 amide bonds. The number of nitro groups is 1. The summed E-state index contributed by atoms with van der Waals surface area (Å²) >= 11 is 0. The predicted octanol–water partition coefficient (Wildman–Crippen LogP) is -1.19. The van der Waals surface area contributed by atoms with Crippen molar-refractivity contribution in [1.29, 1.82) is 0 Å². The van der Waals surface area contributed by atoms with Crippen LogP contribution in [0, 0.1) is 10.1 Å². The summed E-state index contributed by atoms with van der Waals surface area (Å²) in [6.07, 6.45) is -6.58. The van der Waals surface area contributed by atoms with Crippen LogP contribution in [0.5, 0.6) is 0 Å². The van der Waals surface area contributed by atoms with Crippen LogP contribution in [0.4, 0.5) is 11.4 Å². The number of nitrogens with zero attached hydrogens (tertiary/aromatic N) is 1. The van der Waals surface area contributed by atoms with E-state index in [9.17, 15) is 25.4 Å². The SMILES string of the molecule is O=[N+]([O-])c1cccc(N[C@@H]2O[C@@H](CO)[C@H](O)[C@@H](O)[C@@H]2O)c1. The molecule has 0 unspecified atom stereocenters. The fourth-order valence-corrected chi connectivity index (χ4v) is 2.09. The summed E-state index contributed by atoms with van der Waals surface area (Å²) < 4.78 is 5.24. The third-order valence-corrected chi connectivity index (χ3v) is 3.26. The third-order valence-electron chi connectivity index (χ3n) is 3.26. The molecule has 1 heterocycles. The van der Waals surface area contributed by atoms with Crippen LogP contribution in [0.1, 0.15) is 0 Å². The molecule has 2 rings (SSSR count). The Labute approximate surface area is 119 Å². The second kappa shape index (κ2) is 6.33. The van der Waals surface area contributed by atoms with Gasteiger partial charge in [-0.25, -0.2) is 0 Å². The van der Waals surface area contributed by atoms with Crippen LogP contribution in [0.25, 0.3) is 0 Å². The van der Waals surface area contributed by atoms with Crippen molar-refractivity contribution < 1.29 is 30.1 Å². The fourth-order valence-electron chi connectivity index (χ4n) is 2.09. The molecule has 1 aliphatic heterocycles. The highest BCUT2D eigenvalue weighted by atomic mass is 16.6. The first kappa shape index (κ1) is 15.6. The van der Waals surface area contributed by atoms with Gasteiger partial charge in [-0.15, -0.1) is 0 Å². The van der Waals surface area contributed by atoms with Gasteiger partial charge in [0.25, 0.3) is 5.69 Å². The summed E-state index contributed by atoms with van der Waals surface area (Å²) in [5.41, 5.74) is 0.151. The fraction of sp³-hybridized carbons (Fsp3) is 0.500. The summed E-state index contributed by atoms with van der Waals surface area (Å²) in [4.78, 5) is 10.1. The molecule has 1 aliphatic rings. The average Bonchev–Trinajstić information content (AvgIpc) is 2.48. The van der Waals surface area contributed by atoms with Gasteiger partial charge in [0.15, 0.2) is 6.23 Å². The number of hydrogen-bond acceptors (Lipinski definition) is 8. The maximum Gasteiger partial charge on any atom is 0.271 e. The maximum absolute atomic E-state index is 10.7. The zero-order chi connectivity index (χ0) is 15.6. The van der Waals surface area contributed by atoms with E-state index in [2.05, 4.69) is 5.32 Å². The van der Waals surface area contributed by atoms with Crippen LogP contribution in [0.3, 0.4) is 0 Å². The molecule has 0 radical (unpaired) electrons. The molecule has 21 heavy (non-hydrogen) atoms. The number of aliphatic hydroxyl groups is 4. The first-order chi connectivity index (χ1) is 9.93. The van der Waals surface area contributed by atoms with Crippen LogP contribution >= 0.6 is 0 Å². The Bertz CT molecular complexity index is 510. The van der Waals surface area contributed by atoms with Gasteiger partial charge in [0.1, 0.15) is 24.4 Å². The van der Waals surface area contributed by atoms with Crippen molar-refractivity contribution in [1.82, 2.24) is 0 Å². The van der Waals surface area contributed by atoms with Crippen molar-refractivity contribution in [3.05, 3.63) is 34.4 Å².